The van der Waals surface area contributed by atoms with Gasteiger partial charge in [0, 0.05) is 6.54 Å². The molecule has 0 aliphatic carbocycles. The number of hydrogen-bond donors (Lipinski definition) is 2. The second-order valence-corrected chi connectivity index (χ2v) is 3.93. The van der Waals surface area contributed by atoms with E-state index in [1.165, 1.54) is 0 Å². The van der Waals surface area contributed by atoms with E-state index < -0.39 is 17.9 Å². The van der Waals surface area contributed by atoms with Crippen LogP contribution in [0.5, 0.6) is 0 Å². The number of likely N-dealkylation sites (N-methyl/N-ethyl adjacent to an activating group) is 1. The van der Waals surface area contributed by atoms with Gasteiger partial charge in [0.15, 0.2) is 0 Å². The molecule has 0 unspecified atom stereocenters. The zero-order valence-electron chi connectivity index (χ0n) is 9.67. The summed E-state index contributed by atoms with van der Waals surface area (Å²) in [7, 11) is 1.66. The minimum absolute atomic E-state index is 0.182. The Morgan fingerprint density at radius 3 is 2.41 bits per heavy atom. The van der Waals surface area contributed by atoms with E-state index in [-0.39, 0.29) is 6.42 Å². The standard InChI is InChI=1S/C12H16N2O3/c1-14(8-9-5-3-2-4-6-9)10(12(16)17)7-11(13)15/h2-6,10H,7-8H2,1H3,(H2,13,15)(H,16,17)/t10-/m0/s1. The Bertz CT molecular complexity index is 392. The van der Waals surface area contributed by atoms with Crippen molar-refractivity contribution in [3.63, 3.8) is 0 Å². The first-order valence-electron chi connectivity index (χ1n) is 5.26. The van der Waals surface area contributed by atoms with Crippen molar-refractivity contribution in [2.75, 3.05) is 7.05 Å². The number of amides is 1. The summed E-state index contributed by atoms with van der Waals surface area (Å²) in [6.07, 6.45) is -0.182. The van der Waals surface area contributed by atoms with Crippen molar-refractivity contribution in [1.82, 2.24) is 4.90 Å². The lowest BCUT2D eigenvalue weighted by Gasteiger charge is -2.23. The van der Waals surface area contributed by atoms with Crippen LogP contribution in [0, 0.1) is 0 Å². The molecule has 5 heteroatoms. The smallest absolute Gasteiger partial charge is 0.321 e. The molecule has 1 rings (SSSR count). The van der Waals surface area contributed by atoms with Crippen molar-refractivity contribution in [3.05, 3.63) is 35.9 Å². The van der Waals surface area contributed by atoms with E-state index in [4.69, 9.17) is 10.8 Å². The fourth-order valence-electron chi connectivity index (χ4n) is 1.60. The summed E-state index contributed by atoms with van der Waals surface area (Å²) < 4.78 is 0. The third-order valence-electron chi connectivity index (χ3n) is 2.49. The number of aliphatic carboxylic acids is 1. The van der Waals surface area contributed by atoms with Gasteiger partial charge in [-0.15, -0.1) is 0 Å². The first-order chi connectivity index (χ1) is 8.00. The molecule has 1 amide bonds. The van der Waals surface area contributed by atoms with Gasteiger partial charge in [-0.2, -0.15) is 0 Å². The van der Waals surface area contributed by atoms with Gasteiger partial charge in [0.1, 0.15) is 6.04 Å². The van der Waals surface area contributed by atoms with Crippen LogP contribution in [0.3, 0.4) is 0 Å². The fraction of sp³-hybridized carbons (Fsp3) is 0.333. The van der Waals surface area contributed by atoms with Crippen LogP contribution < -0.4 is 5.73 Å². The average molecular weight is 236 g/mol. The van der Waals surface area contributed by atoms with E-state index in [0.717, 1.165) is 5.56 Å². The molecule has 0 aromatic heterocycles. The van der Waals surface area contributed by atoms with Crippen molar-refractivity contribution in [2.24, 2.45) is 5.73 Å². The Balaban J connectivity index is 2.68. The van der Waals surface area contributed by atoms with Gasteiger partial charge in [0.25, 0.3) is 0 Å². The monoisotopic (exact) mass is 236 g/mol. The molecular formula is C12H16N2O3. The summed E-state index contributed by atoms with van der Waals surface area (Å²) in [6, 6.07) is 8.58. The Kier molecular flexibility index (Phi) is 4.66. The average Bonchev–Trinajstić information content (AvgIpc) is 2.26. The van der Waals surface area contributed by atoms with Gasteiger partial charge in [-0.05, 0) is 12.6 Å². The predicted octanol–water partition coefficient (Wildman–Crippen LogP) is 0.447. The molecule has 0 spiro atoms. The van der Waals surface area contributed by atoms with Crippen LogP contribution in [0.15, 0.2) is 30.3 Å². The topological polar surface area (TPSA) is 83.6 Å². The van der Waals surface area contributed by atoms with Crippen LogP contribution in [0.4, 0.5) is 0 Å². The number of rotatable bonds is 6. The Morgan fingerprint density at radius 1 is 1.35 bits per heavy atom. The molecule has 0 radical (unpaired) electrons. The lowest BCUT2D eigenvalue weighted by molar-refractivity contribution is -0.145. The highest BCUT2D eigenvalue weighted by Gasteiger charge is 2.24. The van der Waals surface area contributed by atoms with Gasteiger partial charge in [-0.3, -0.25) is 14.5 Å². The number of benzene rings is 1. The van der Waals surface area contributed by atoms with Crippen LogP contribution in [-0.2, 0) is 16.1 Å². The Morgan fingerprint density at radius 2 is 1.94 bits per heavy atom. The second-order valence-electron chi connectivity index (χ2n) is 3.93. The van der Waals surface area contributed by atoms with Crippen molar-refractivity contribution in [1.29, 1.82) is 0 Å². The predicted molar refractivity (Wildman–Crippen MR) is 63.1 cm³/mol. The minimum Gasteiger partial charge on any atom is -0.480 e. The molecule has 17 heavy (non-hydrogen) atoms. The molecule has 0 saturated heterocycles. The molecule has 92 valence electrons. The SMILES string of the molecule is CN(Cc1ccccc1)[C@@H](CC(N)=O)C(=O)O. The Labute approximate surface area is 99.8 Å². The molecule has 0 aliphatic heterocycles. The molecule has 1 aromatic rings. The number of carboxylic acid groups (broad SMARTS) is 1. The largest absolute Gasteiger partial charge is 0.480 e. The zero-order valence-corrected chi connectivity index (χ0v) is 9.67. The highest BCUT2D eigenvalue weighted by atomic mass is 16.4. The molecular weight excluding hydrogens is 220 g/mol. The van der Waals surface area contributed by atoms with Crippen molar-refractivity contribution in [3.8, 4) is 0 Å². The van der Waals surface area contributed by atoms with Crippen molar-refractivity contribution in [2.45, 2.75) is 19.0 Å². The van der Waals surface area contributed by atoms with Crippen LogP contribution in [0.1, 0.15) is 12.0 Å². The highest BCUT2D eigenvalue weighted by molar-refractivity contribution is 5.83. The molecule has 3 N–H and O–H groups in total. The Hall–Kier alpha value is -1.88. The lowest BCUT2D eigenvalue weighted by atomic mass is 10.1. The van der Waals surface area contributed by atoms with Gasteiger partial charge >= 0.3 is 5.97 Å². The van der Waals surface area contributed by atoms with Crippen LogP contribution >= 0.6 is 0 Å². The summed E-state index contributed by atoms with van der Waals surface area (Å²) in [5.41, 5.74) is 6.02. The van der Waals surface area contributed by atoms with Crippen LogP contribution in [0.2, 0.25) is 0 Å². The third kappa shape index (κ3) is 4.24. The number of hydrogen-bond acceptors (Lipinski definition) is 3. The molecule has 0 aliphatic rings. The van der Waals surface area contributed by atoms with Gasteiger partial charge in [-0.25, -0.2) is 0 Å². The number of primary amides is 1. The lowest BCUT2D eigenvalue weighted by Crippen LogP contribution is -2.40. The quantitative estimate of drug-likeness (QED) is 0.751. The van der Waals surface area contributed by atoms with E-state index in [9.17, 15) is 9.59 Å². The molecule has 1 aromatic carbocycles. The maximum Gasteiger partial charge on any atom is 0.321 e. The number of carbonyl (C=O) groups excluding carboxylic acids is 1. The molecule has 5 nitrogen and oxygen atoms in total. The summed E-state index contributed by atoms with van der Waals surface area (Å²) in [4.78, 5) is 23.4. The van der Waals surface area contributed by atoms with Gasteiger partial charge in [0.05, 0.1) is 6.42 Å². The summed E-state index contributed by atoms with van der Waals surface area (Å²) >= 11 is 0. The normalized spacial score (nSPS) is 12.4. The van der Waals surface area contributed by atoms with Crippen LogP contribution in [0.25, 0.3) is 0 Å². The first-order valence-corrected chi connectivity index (χ1v) is 5.26. The second kappa shape index (κ2) is 6.00. The number of carbonyl (C=O) groups is 2. The molecule has 1 atom stereocenters. The summed E-state index contributed by atoms with van der Waals surface area (Å²) in [6.45, 7) is 0.463. The zero-order chi connectivity index (χ0) is 12.8. The molecule has 0 heterocycles. The van der Waals surface area contributed by atoms with E-state index >= 15 is 0 Å². The summed E-state index contributed by atoms with van der Waals surface area (Å²) in [5, 5.41) is 9.02. The first kappa shape index (κ1) is 13.2. The van der Waals surface area contributed by atoms with Crippen molar-refractivity contribution >= 4 is 11.9 Å². The minimum atomic E-state index is -1.04. The van der Waals surface area contributed by atoms with Gasteiger partial charge < -0.3 is 10.8 Å². The maximum absolute atomic E-state index is 11.0. The third-order valence-corrected chi connectivity index (χ3v) is 2.49. The fourth-order valence-corrected chi connectivity index (χ4v) is 1.60. The molecule has 0 fully saturated rings. The van der Waals surface area contributed by atoms with Crippen LogP contribution in [-0.4, -0.2) is 35.0 Å². The molecule has 0 saturated carbocycles. The van der Waals surface area contributed by atoms with E-state index in [1.54, 1.807) is 11.9 Å². The van der Waals surface area contributed by atoms with Gasteiger partial charge in [0.2, 0.25) is 5.91 Å². The number of nitrogens with two attached hydrogens (primary N) is 1. The van der Waals surface area contributed by atoms with Gasteiger partial charge in [-0.1, -0.05) is 30.3 Å². The van der Waals surface area contributed by atoms with E-state index in [2.05, 4.69) is 0 Å². The summed E-state index contributed by atoms with van der Waals surface area (Å²) in [5.74, 6) is -1.65. The maximum atomic E-state index is 11.0. The molecule has 0 bridgehead atoms. The number of carboxylic acids is 1. The van der Waals surface area contributed by atoms with Crippen molar-refractivity contribution < 1.29 is 14.7 Å². The highest BCUT2D eigenvalue weighted by Crippen LogP contribution is 2.08. The number of nitrogens with zero attached hydrogens (tertiary/aromatic N) is 1. The van der Waals surface area contributed by atoms with E-state index in [1.807, 2.05) is 30.3 Å². The van der Waals surface area contributed by atoms with E-state index in [0.29, 0.717) is 6.54 Å².